The summed E-state index contributed by atoms with van der Waals surface area (Å²) in [5.74, 6) is 0.0977. The molecule has 6 nitrogen and oxygen atoms in total. The predicted octanol–water partition coefficient (Wildman–Crippen LogP) is 2.77. The molecular formula is C17H18N6. The molecule has 0 radical (unpaired) electrons. The molecular weight excluding hydrogens is 288 g/mol. The van der Waals surface area contributed by atoms with E-state index in [9.17, 15) is 5.26 Å². The average molecular weight is 306 g/mol. The van der Waals surface area contributed by atoms with E-state index in [2.05, 4.69) is 35.0 Å². The molecule has 0 bridgehead atoms. The van der Waals surface area contributed by atoms with Crippen molar-refractivity contribution in [2.24, 2.45) is 0 Å². The Hall–Kier alpha value is -3.25. The van der Waals surface area contributed by atoms with Gasteiger partial charge in [-0.15, -0.1) is 0 Å². The predicted molar refractivity (Wildman–Crippen MR) is 91.2 cm³/mol. The molecule has 3 N–H and O–H groups in total. The molecule has 0 fully saturated rings. The van der Waals surface area contributed by atoms with E-state index in [0.717, 1.165) is 24.3 Å². The first-order valence-electron chi connectivity index (χ1n) is 7.35. The molecule has 1 aromatic carbocycles. The molecule has 0 aliphatic heterocycles. The first-order chi connectivity index (χ1) is 11.1. The Balaban J connectivity index is 2.36. The van der Waals surface area contributed by atoms with Gasteiger partial charge in [0, 0.05) is 18.8 Å². The number of aromatic amines is 1. The van der Waals surface area contributed by atoms with Crippen molar-refractivity contribution in [1.82, 2.24) is 10.2 Å². The second kappa shape index (κ2) is 7.15. The second-order valence-electron chi connectivity index (χ2n) is 4.90. The maximum Gasteiger partial charge on any atom is 0.163 e. The number of H-pyrrole nitrogens is 1. The summed E-state index contributed by atoms with van der Waals surface area (Å²) in [6, 6.07) is 12.0. The fourth-order valence-electron chi connectivity index (χ4n) is 2.36. The van der Waals surface area contributed by atoms with Crippen LogP contribution in [0.4, 0.5) is 11.5 Å². The van der Waals surface area contributed by atoms with E-state index in [0.29, 0.717) is 11.3 Å². The number of nitrogen functional groups attached to an aromatic ring is 1. The van der Waals surface area contributed by atoms with E-state index in [-0.39, 0.29) is 11.4 Å². The fourth-order valence-corrected chi connectivity index (χ4v) is 2.36. The molecule has 116 valence electrons. The van der Waals surface area contributed by atoms with Gasteiger partial charge < -0.3 is 10.6 Å². The highest BCUT2D eigenvalue weighted by Gasteiger charge is 2.14. The number of nitrogens with zero attached hydrogens (tertiary/aromatic N) is 4. The van der Waals surface area contributed by atoms with Crippen LogP contribution in [0, 0.1) is 22.7 Å². The lowest BCUT2D eigenvalue weighted by Crippen LogP contribution is -2.21. The first kappa shape index (κ1) is 16.1. The zero-order chi connectivity index (χ0) is 16.8. The zero-order valence-corrected chi connectivity index (χ0v) is 13.2. The van der Waals surface area contributed by atoms with Crippen LogP contribution in [0.5, 0.6) is 0 Å². The Morgan fingerprint density at radius 2 is 1.91 bits per heavy atom. The first-order valence-corrected chi connectivity index (χ1v) is 7.35. The number of nitrogens with two attached hydrogens (primary N) is 1. The molecule has 0 unspecified atom stereocenters. The number of benzene rings is 1. The van der Waals surface area contributed by atoms with Crippen LogP contribution >= 0.6 is 0 Å². The third-order valence-electron chi connectivity index (χ3n) is 3.63. The highest BCUT2D eigenvalue weighted by atomic mass is 15.2. The Kier molecular flexibility index (Phi) is 5.01. The smallest absolute Gasteiger partial charge is 0.163 e. The van der Waals surface area contributed by atoms with Crippen molar-refractivity contribution in [3.8, 4) is 12.1 Å². The number of hydrogen-bond donors (Lipinski definition) is 2. The summed E-state index contributed by atoms with van der Waals surface area (Å²) in [6.07, 6.45) is 1.71. The quantitative estimate of drug-likeness (QED) is 0.826. The molecule has 1 heterocycles. The maximum atomic E-state index is 9.36. The van der Waals surface area contributed by atoms with E-state index in [1.165, 1.54) is 0 Å². The van der Waals surface area contributed by atoms with Crippen molar-refractivity contribution >= 4 is 23.2 Å². The molecule has 0 aliphatic carbocycles. The average Bonchev–Trinajstić information content (AvgIpc) is 2.95. The summed E-state index contributed by atoms with van der Waals surface area (Å²) in [6.45, 7) is 6.09. The van der Waals surface area contributed by atoms with Gasteiger partial charge in [0.05, 0.1) is 11.3 Å². The number of rotatable bonds is 5. The lowest BCUT2D eigenvalue weighted by atomic mass is 10.1. The number of anilines is 2. The SMILES string of the molecule is CCN(CC)c1ccc(C=C(C#N)c2[nH]nc(N)c2C#N)cc1. The highest BCUT2D eigenvalue weighted by molar-refractivity contribution is 5.91. The number of aromatic nitrogens is 2. The highest BCUT2D eigenvalue weighted by Crippen LogP contribution is 2.23. The number of nitriles is 2. The van der Waals surface area contributed by atoms with Gasteiger partial charge in [-0.2, -0.15) is 15.6 Å². The van der Waals surface area contributed by atoms with Crippen LogP contribution < -0.4 is 10.6 Å². The normalized spacial score (nSPS) is 10.9. The molecule has 2 rings (SSSR count). The van der Waals surface area contributed by atoms with Gasteiger partial charge in [-0.1, -0.05) is 12.1 Å². The Morgan fingerprint density at radius 1 is 1.26 bits per heavy atom. The standard InChI is InChI=1S/C17H18N6/c1-3-23(4-2)14-7-5-12(6-8-14)9-13(10-18)16-15(11-19)17(20)22-21-16/h5-9H,3-4H2,1-2H3,(H3,20,21,22). The Morgan fingerprint density at radius 3 is 2.43 bits per heavy atom. The number of hydrogen-bond acceptors (Lipinski definition) is 5. The van der Waals surface area contributed by atoms with Crippen molar-refractivity contribution < 1.29 is 0 Å². The van der Waals surface area contributed by atoms with Gasteiger partial charge in [-0.25, -0.2) is 0 Å². The summed E-state index contributed by atoms with van der Waals surface area (Å²) in [7, 11) is 0. The molecule has 2 aromatic rings. The summed E-state index contributed by atoms with van der Waals surface area (Å²) < 4.78 is 0. The van der Waals surface area contributed by atoms with E-state index in [4.69, 9.17) is 11.0 Å². The van der Waals surface area contributed by atoms with Crippen LogP contribution in [0.15, 0.2) is 24.3 Å². The molecule has 0 amide bonds. The second-order valence-corrected chi connectivity index (χ2v) is 4.90. The van der Waals surface area contributed by atoms with Gasteiger partial charge in [0.2, 0.25) is 0 Å². The Bertz CT molecular complexity index is 782. The van der Waals surface area contributed by atoms with Crippen molar-refractivity contribution in [3.05, 3.63) is 41.1 Å². The lowest BCUT2D eigenvalue weighted by molar-refractivity contribution is 0.866. The number of nitrogens with one attached hydrogen (secondary N) is 1. The van der Waals surface area contributed by atoms with Gasteiger partial charge in [-0.3, -0.25) is 5.10 Å². The van der Waals surface area contributed by atoms with Crippen LogP contribution in [0.1, 0.15) is 30.7 Å². The molecule has 23 heavy (non-hydrogen) atoms. The maximum absolute atomic E-state index is 9.36. The van der Waals surface area contributed by atoms with Crippen molar-refractivity contribution in [1.29, 1.82) is 10.5 Å². The molecule has 0 spiro atoms. The molecule has 0 atom stereocenters. The molecule has 1 aromatic heterocycles. The van der Waals surface area contributed by atoms with Crippen LogP contribution in [0.3, 0.4) is 0 Å². The van der Waals surface area contributed by atoms with E-state index >= 15 is 0 Å². The molecule has 0 saturated heterocycles. The fraction of sp³-hybridized carbons (Fsp3) is 0.235. The molecule has 0 saturated carbocycles. The van der Waals surface area contributed by atoms with Gasteiger partial charge in [0.25, 0.3) is 0 Å². The van der Waals surface area contributed by atoms with E-state index < -0.39 is 0 Å². The largest absolute Gasteiger partial charge is 0.381 e. The number of allylic oxidation sites excluding steroid dienone is 1. The van der Waals surface area contributed by atoms with Gasteiger partial charge in [-0.05, 0) is 37.6 Å². The third-order valence-corrected chi connectivity index (χ3v) is 3.63. The minimum atomic E-state index is 0.0977. The summed E-state index contributed by atoms with van der Waals surface area (Å²) in [5.41, 5.74) is 8.48. The monoisotopic (exact) mass is 306 g/mol. The van der Waals surface area contributed by atoms with Crippen LogP contribution in [0.2, 0.25) is 0 Å². The summed E-state index contributed by atoms with van der Waals surface area (Å²) >= 11 is 0. The zero-order valence-electron chi connectivity index (χ0n) is 13.2. The summed E-state index contributed by atoms with van der Waals surface area (Å²) in [4.78, 5) is 2.24. The topological polar surface area (TPSA) is 106 Å². The summed E-state index contributed by atoms with van der Waals surface area (Å²) in [5, 5.41) is 24.9. The third kappa shape index (κ3) is 3.33. The van der Waals surface area contributed by atoms with Crippen molar-refractivity contribution in [2.75, 3.05) is 23.7 Å². The van der Waals surface area contributed by atoms with Gasteiger partial charge >= 0.3 is 0 Å². The van der Waals surface area contributed by atoms with Crippen molar-refractivity contribution in [3.63, 3.8) is 0 Å². The molecule has 6 heteroatoms. The van der Waals surface area contributed by atoms with E-state index in [1.54, 1.807) is 6.08 Å². The van der Waals surface area contributed by atoms with Crippen molar-refractivity contribution in [2.45, 2.75) is 13.8 Å². The van der Waals surface area contributed by atoms with Gasteiger partial charge in [0.1, 0.15) is 17.7 Å². The van der Waals surface area contributed by atoms with Gasteiger partial charge in [0.15, 0.2) is 5.82 Å². The molecule has 0 aliphatic rings. The van der Waals surface area contributed by atoms with Crippen LogP contribution in [-0.4, -0.2) is 23.3 Å². The lowest BCUT2D eigenvalue weighted by Gasteiger charge is -2.20. The van der Waals surface area contributed by atoms with E-state index in [1.807, 2.05) is 30.3 Å². The Labute approximate surface area is 135 Å². The minimum Gasteiger partial charge on any atom is -0.381 e. The van der Waals surface area contributed by atoms with Crippen LogP contribution in [-0.2, 0) is 0 Å². The minimum absolute atomic E-state index is 0.0977. The van der Waals surface area contributed by atoms with Crippen LogP contribution in [0.25, 0.3) is 11.6 Å².